The van der Waals surface area contributed by atoms with Gasteiger partial charge in [-0.3, -0.25) is 4.79 Å². The molecule has 4 aromatic rings. The van der Waals surface area contributed by atoms with Gasteiger partial charge in [-0.05, 0) is 32.0 Å². The molecule has 0 radical (unpaired) electrons. The number of rotatable bonds is 4. The van der Waals surface area contributed by atoms with Gasteiger partial charge in [0.05, 0.1) is 28.5 Å². The van der Waals surface area contributed by atoms with Crippen molar-refractivity contribution in [1.82, 2.24) is 20.3 Å². The number of benzene rings is 2. The molecule has 28 heavy (non-hydrogen) atoms. The Morgan fingerprint density at radius 1 is 1.04 bits per heavy atom. The predicted octanol–water partition coefficient (Wildman–Crippen LogP) is 4.49. The van der Waals surface area contributed by atoms with Crippen molar-refractivity contribution in [3.8, 4) is 11.3 Å². The summed E-state index contributed by atoms with van der Waals surface area (Å²) < 4.78 is 0. The molecule has 0 saturated heterocycles. The first-order valence-corrected chi connectivity index (χ1v) is 9.15. The highest BCUT2D eigenvalue weighted by molar-refractivity contribution is 6.07. The monoisotopic (exact) mass is 368 g/mol. The van der Waals surface area contributed by atoms with Crippen LogP contribution in [0.2, 0.25) is 0 Å². The van der Waals surface area contributed by atoms with E-state index in [1.54, 1.807) is 12.3 Å². The van der Waals surface area contributed by atoms with Crippen LogP contribution in [0.25, 0.3) is 22.2 Å². The molecule has 1 atom stereocenters. The molecule has 0 bridgehead atoms. The van der Waals surface area contributed by atoms with Crippen molar-refractivity contribution in [2.45, 2.75) is 19.9 Å². The van der Waals surface area contributed by atoms with Crippen LogP contribution in [0.1, 0.15) is 34.6 Å². The largest absolute Gasteiger partial charge is 0.344 e. The number of para-hydroxylation sites is 1. The molecule has 0 aliphatic rings. The second-order valence-electron chi connectivity index (χ2n) is 6.77. The normalized spacial score (nSPS) is 11.9. The maximum Gasteiger partial charge on any atom is 0.252 e. The zero-order valence-electron chi connectivity index (χ0n) is 15.8. The standard InChI is InChI=1S/C23H20N4O/c1-15-7-9-17(10-8-15)22-13-19(18-5-3-4-6-21(18)27-22)23(28)26-16(2)20-11-12-24-14-25-20/h3-14,16H,1-2H3,(H,26,28)/t16-/m1/s1. The molecule has 2 aromatic heterocycles. The van der Waals surface area contributed by atoms with Gasteiger partial charge in [0.25, 0.3) is 5.91 Å². The lowest BCUT2D eigenvalue weighted by molar-refractivity contribution is 0.0940. The van der Waals surface area contributed by atoms with Gasteiger partial charge < -0.3 is 5.32 Å². The summed E-state index contributed by atoms with van der Waals surface area (Å²) in [7, 11) is 0. The second-order valence-corrected chi connectivity index (χ2v) is 6.77. The summed E-state index contributed by atoms with van der Waals surface area (Å²) in [5, 5.41) is 3.86. The Balaban J connectivity index is 1.74. The van der Waals surface area contributed by atoms with Crippen LogP contribution in [0.4, 0.5) is 0 Å². The van der Waals surface area contributed by atoms with Crippen molar-refractivity contribution < 1.29 is 4.79 Å². The van der Waals surface area contributed by atoms with Gasteiger partial charge in [-0.25, -0.2) is 15.0 Å². The third-order valence-corrected chi connectivity index (χ3v) is 4.70. The SMILES string of the molecule is Cc1ccc(-c2cc(C(=O)N[C@H](C)c3ccncn3)c3ccccc3n2)cc1. The maximum absolute atomic E-state index is 13.1. The highest BCUT2D eigenvalue weighted by atomic mass is 16.1. The number of nitrogens with zero attached hydrogens (tertiary/aromatic N) is 3. The van der Waals surface area contributed by atoms with E-state index in [1.807, 2.05) is 68.4 Å². The number of carbonyl (C=O) groups is 1. The first kappa shape index (κ1) is 17.8. The van der Waals surface area contributed by atoms with E-state index in [-0.39, 0.29) is 11.9 Å². The minimum atomic E-state index is -0.231. The average Bonchev–Trinajstić information content (AvgIpc) is 2.74. The fourth-order valence-corrected chi connectivity index (χ4v) is 3.14. The Kier molecular flexibility index (Phi) is 4.81. The van der Waals surface area contributed by atoms with Gasteiger partial charge in [-0.15, -0.1) is 0 Å². The molecular weight excluding hydrogens is 348 g/mol. The van der Waals surface area contributed by atoms with Crippen LogP contribution in [-0.2, 0) is 0 Å². The molecular formula is C23H20N4O. The fourth-order valence-electron chi connectivity index (χ4n) is 3.14. The van der Waals surface area contributed by atoms with Crippen molar-refractivity contribution in [3.05, 3.63) is 90.0 Å². The lowest BCUT2D eigenvalue weighted by Crippen LogP contribution is -2.27. The topological polar surface area (TPSA) is 67.8 Å². The van der Waals surface area contributed by atoms with Crippen molar-refractivity contribution in [2.24, 2.45) is 0 Å². The fraction of sp³-hybridized carbons (Fsp3) is 0.130. The Labute approximate surface area is 163 Å². The maximum atomic E-state index is 13.1. The number of aryl methyl sites for hydroxylation is 1. The minimum absolute atomic E-state index is 0.155. The molecule has 1 amide bonds. The van der Waals surface area contributed by atoms with Crippen molar-refractivity contribution >= 4 is 16.8 Å². The summed E-state index contributed by atoms with van der Waals surface area (Å²) in [6.45, 7) is 3.95. The number of nitrogens with one attached hydrogen (secondary N) is 1. The van der Waals surface area contributed by atoms with Crippen LogP contribution in [0.5, 0.6) is 0 Å². The Hall–Kier alpha value is -3.60. The second kappa shape index (κ2) is 7.56. The van der Waals surface area contributed by atoms with Crippen LogP contribution >= 0.6 is 0 Å². The Morgan fingerprint density at radius 2 is 1.82 bits per heavy atom. The third kappa shape index (κ3) is 3.60. The molecule has 0 aliphatic carbocycles. The van der Waals surface area contributed by atoms with Crippen LogP contribution < -0.4 is 5.32 Å². The number of aromatic nitrogens is 3. The summed E-state index contributed by atoms with van der Waals surface area (Å²) in [5.41, 5.74) is 5.09. The van der Waals surface area contributed by atoms with Crippen molar-refractivity contribution in [3.63, 3.8) is 0 Å². The first-order valence-electron chi connectivity index (χ1n) is 9.15. The summed E-state index contributed by atoms with van der Waals surface area (Å²) in [5.74, 6) is -0.155. The molecule has 2 aromatic carbocycles. The Bertz CT molecular complexity index is 1120. The van der Waals surface area contributed by atoms with E-state index in [0.717, 1.165) is 27.9 Å². The van der Waals surface area contributed by atoms with Gasteiger partial charge in [0, 0.05) is 17.1 Å². The molecule has 0 aliphatic heterocycles. The van der Waals surface area contributed by atoms with E-state index < -0.39 is 0 Å². The van der Waals surface area contributed by atoms with E-state index in [0.29, 0.717) is 5.56 Å². The molecule has 2 heterocycles. The number of hydrogen-bond donors (Lipinski definition) is 1. The van der Waals surface area contributed by atoms with E-state index in [1.165, 1.54) is 11.9 Å². The average molecular weight is 368 g/mol. The van der Waals surface area contributed by atoms with E-state index in [9.17, 15) is 4.79 Å². The highest BCUT2D eigenvalue weighted by Gasteiger charge is 2.17. The summed E-state index contributed by atoms with van der Waals surface area (Å²) >= 11 is 0. The summed E-state index contributed by atoms with van der Waals surface area (Å²) in [6, 6.07) is 19.3. The van der Waals surface area contributed by atoms with Crippen molar-refractivity contribution in [1.29, 1.82) is 0 Å². The van der Waals surface area contributed by atoms with Crippen LogP contribution in [-0.4, -0.2) is 20.9 Å². The van der Waals surface area contributed by atoms with Gasteiger partial charge in [0.2, 0.25) is 0 Å². The minimum Gasteiger partial charge on any atom is -0.344 e. The lowest BCUT2D eigenvalue weighted by Gasteiger charge is -2.15. The molecule has 1 N–H and O–H groups in total. The van der Waals surface area contributed by atoms with Crippen LogP contribution in [0.3, 0.4) is 0 Å². The molecule has 0 spiro atoms. The third-order valence-electron chi connectivity index (χ3n) is 4.70. The van der Waals surface area contributed by atoms with E-state index in [4.69, 9.17) is 4.98 Å². The molecule has 138 valence electrons. The Morgan fingerprint density at radius 3 is 2.57 bits per heavy atom. The first-order chi connectivity index (χ1) is 13.6. The number of fused-ring (bicyclic) bond motifs is 1. The molecule has 4 rings (SSSR count). The highest BCUT2D eigenvalue weighted by Crippen LogP contribution is 2.25. The quantitative estimate of drug-likeness (QED) is 0.576. The predicted molar refractivity (Wildman–Crippen MR) is 110 cm³/mol. The molecule has 5 heteroatoms. The molecule has 0 saturated carbocycles. The van der Waals surface area contributed by atoms with Gasteiger partial charge >= 0.3 is 0 Å². The number of hydrogen-bond acceptors (Lipinski definition) is 4. The summed E-state index contributed by atoms with van der Waals surface area (Å²) in [4.78, 5) is 26.0. The zero-order chi connectivity index (χ0) is 19.5. The molecule has 5 nitrogen and oxygen atoms in total. The number of carbonyl (C=O) groups excluding carboxylic acids is 1. The van der Waals surface area contributed by atoms with Gasteiger partial charge in [-0.1, -0.05) is 48.0 Å². The van der Waals surface area contributed by atoms with Crippen LogP contribution in [0.15, 0.2) is 73.2 Å². The smallest absolute Gasteiger partial charge is 0.252 e. The van der Waals surface area contributed by atoms with Gasteiger partial charge in [0.15, 0.2) is 0 Å². The van der Waals surface area contributed by atoms with E-state index in [2.05, 4.69) is 15.3 Å². The number of pyridine rings is 1. The van der Waals surface area contributed by atoms with Crippen LogP contribution in [0, 0.1) is 6.92 Å². The molecule has 0 fully saturated rings. The summed E-state index contributed by atoms with van der Waals surface area (Å²) in [6.07, 6.45) is 3.15. The van der Waals surface area contributed by atoms with E-state index >= 15 is 0 Å². The van der Waals surface area contributed by atoms with Gasteiger partial charge in [0.1, 0.15) is 6.33 Å². The number of amides is 1. The lowest BCUT2D eigenvalue weighted by atomic mass is 10.0. The zero-order valence-corrected chi connectivity index (χ0v) is 15.8. The van der Waals surface area contributed by atoms with Crippen molar-refractivity contribution in [2.75, 3.05) is 0 Å². The molecule has 0 unspecified atom stereocenters. The van der Waals surface area contributed by atoms with Gasteiger partial charge in [-0.2, -0.15) is 0 Å².